The number of hydrogen-bond acceptors (Lipinski definition) is 3. The molecule has 4 heteroatoms. The van der Waals surface area contributed by atoms with Crippen LogP contribution in [0.2, 0.25) is 0 Å². The number of hydrogen-bond donors (Lipinski definition) is 1. The second-order valence-electron chi connectivity index (χ2n) is 6.21. The molecule has 0 amide bonds. The SMILES string of the molecule is C=C(C)N1c2ccccc2CC1c1nc(C(C)=O)c(CCC)[nH]1. The minimum Gasteiger partial charge on any atom is -0.343 e. The van der Waals surface area contributed by atoms with Crippen LogP contribution in [0.5, 0.6) is 0 Å². The molecule has 0 saturated carbocycles. The van der Waals surface area contributed by atoms with Gasteiger partial charge in [-0.25, -0.2) is 4.98 Å². The van der Waals surface area contributed by atoms with Crippen LogP contribution < -0.4 is 4.90 Å². The standard InChI is InChI=1S/C19H23N3O/c1-5-8-15-18(13(4)23)21-19(20-15)17-11-14-9-6-7-10-16(14)22(17)12(2)3/h6-7,9-10,17H,2,5,8,11H2,1,3-4H3,(H,20,21). The van der Waals surface area contributed by atoms with Crippen LogP contribution >= 0.6 is 0 Å². The molecule has 1 aliphatic heterocycles. The summed E-state index contributed by atoms with van der Waals surface area (Å²) in [6, 6.07) is 8.44. The molecule has 23 heavy (non-hydrogen) atoms. The molecule has 120 valence electrons. The minimum atomic E-state index is 0.0216. The zero-order valence-corrected chi connectivity index (χ0v) is 14.0. The van der Waals surface area contributed by atoms with Crippen molar-refractivity contribution in [3.8, 4) is 0 Å². The normalized spacial score (nSPS) is 16.5. The number of carbonyl (C=O) groups excluding carboxylic acids is 1. The predicted molar refractivity (Wildman–Crippen MR) is 92.8 cm³/mol. The Kier molecular flexibility index (Phi) is 4.07. The summed E-state index contributed by atoms with van der Waals surface area (Å²) in [5.74, 6) is 0.881. The molecular formula is C19H23N3O. The maximum atomic E-state index is 11.9. The maximum Gasteiger partial charge on any atom is 0.179 e. The smallest absolute Gasteiger partial charge is 0.179 e. The highest BCUT2D eigenvalue weighted by Crippen LogP contribution is 2.41. The highest BCUT2D eigenvalue weighted by molar-refractivity contribution is 5.93. The van der Waals surface area contributed by atoms with Crippen LogP contribution in [-0.4, -0.2) is 15.8 Å². The molecule has 3 rings (SSSR count). The average molecular weight is 309 g/mol. The number of aromatic nitrogens is 2. The third-order valence-corrected chi connectivity index (χ3v) is 4.33. The summed E-state index contributed by atoms with van der Waals surface area (Å²) in [7, 11) is 0. The third-order valence-electron chi connectivity index (χ3n) is 4.33. The molecule has 0 radical (unpaired) electrons. The number of benzene rings is 1. The number of rotatable bonds is 5. The van der Waals surface area contributed by atoms with Gasteiger partial charge in [-0.2, -0.15) is 0 Å². The van der Waals surface area contributed by atoms with Crippen molar-refractivity contribution in [1.82, 2.24) is 9.97 Å². The number of ketones is 1. The van der Waals surface area contributed by atoms with Gasteiger partial charge in [0.1, 0.15) is 11.5 Å². The van der Waals surface area contributed by atoms with Crippen LogP contribution in [0.3, 0.4) is 0 Å². The van der Waals surface area contributed by atoms with Gasteiger partial charge in [0, 0.05) is 30.4 Å². The van der Waals surface area contributed by atoms with Crippen LogP contribution in [0.15, 0.2) is 36.5 Å². The highest BCUT2D eigenvalue weighted by Gasteiger charge is 2.33. The molecule has 0 saturated heterocycles. The van der Waals surface area contributed by atoms with Crippen LogP contribution in [0.1, 0.15) is 60.8 Å². The molecule has 0 bridgehead atoms. The quantitative estimate of drug-likeness (QED) is 0.842. The van der Waals surface area contributed by atoms with Crippen LogP contribution in [0, 0.1) is 0 Å². The lowest BCUT2D eigenvalue weighted by molar-refractivity contribution is 0.101. The van der Waals surface area contributed by atoms with Gasteiger partial charge in [-0.05, 0) is 25.0 Å². The van der Waals surface area contributed by atoms with Crippen molar-refractivity contribution >= 4 is 11.5 Å². The van der Waals surface area contributed by atoms with Crippen LogP contribution in [0.25, 0.3) is 0 Å². The number of allylic oxidation sites excluding steroid dienone is 1. The number of Topliss-reactive ketones (excluding diaryl/α,β-unsaturated/α-hetero) is 1. The summed E-state index contributed by atoms with van der Waals surface area (Å²) < 4.78 is 0. The van der Waals surface area contributed by atoms with Crippen molar-refractivity contribution in [3.05, 3.63) is 59.3 Å². The fraction of sp³-hybridized carbons (Fsp3) is 0.368. The highest BCUT2D eigenvalue weighted by atomic mass is 16.1. The third kappa shape index (κ3) is 2.69. The minimum absolute atomic E-state index is 0.0216. The number of fused-ring (bicyclic) bond motifs is 1. The zero-order chi connectivity index (χ0) is 16.6. The molecule has 2 heterocycles. The molecular weight excluding hydrogens is 286 g/mol. The van der Waals surface area contributed by atoms with E-state index in [0.29, 0.717) is 5.69 Å². The number of imidazole rings is 1. The molecule has 0 aliphatic carbocycles. The summed E-state index contributed by atoms with van der Waals surface area (Å²) in [5, 5.41) is 0. The number of anilines is 1. The molecule has 1 atom stereocenters. The molecule has 0 spiro atoms. The summed E-state index contributed by atoms with van der Waals surface area (Å²) in [4.78, 5) is 22.2. The van der Waals surface area contributed by atoms with Crippen LogP contribution in [0.4, 0.5) is 5.69 Å². The Morgan fingerprint density at radius 2 is 2.13 bits per heavy atom. The number of aromatic amines is 1. The van der Waals surface area contributed by atoms with E-state index in [9.17, 15) is 4.79 Å². The van der Waals surface area contributed by atoms with E-state index in [1.165, 1.54) is 11.3 Å². The van der Waals surface area contributed by atoms with Gasteiger partial charge in [0.25, 0.3) is 0 Å². The number of aryl methyl sites for hydroxylation is 1. The van der Waals surface area contributed by atoms with Crippen molar-refractivity contribution in [2.24, 2.45) is 0 Å². The second kappa shape index (κ2) is 6.03. The van der Waals surface area contributed by atoms with Crippen molar-refractivity contribution in [2.75, 3.05) is 4.90 Å². The first kappa shape index (κ1) is 15.5. The zero-order valence-electron chi connectivity index (χ0n) is 14.0. The number of H-pyrrole nitrogens is 1. The number of para-hydroxylation sites is 1. The number of carbonyl (C=O) groups is 1. The molecule has 4 nitrogen and oxygen atoms in total. The van der Waals surface area contributed by atoms with E-state index in [1.807, 2.05) is 13.0 Å². The van der Waals surface area contributed by atoms with Gasteiger partial charge in [-0.3, -0.25) is 4.79 Å². The van der Waals surface area contributed by atoms with Crippen molar-refractivity contribution in [1.29, 1.82) is 0 Å². The Hall–Kier alpha value is -2.36. The summed E-state index contributed by atoms with van der Waals surface area (Å²) in [6.45, 7) is 9.83. The first-order chi connectivity index (χ1) is 11.0. The second-order valence-corrected chi connectivity index (χ2v) is 6.21. The Balaban J connectivity index is 2.03. The van der Waals surface area contributed by atoms with Crippen molar-refractivity contribution in [3.63, 3.8) is 0 Å². The lowest BCUT2D eigenvalue weighted by Crippen LogP contribution is -2.23. The predicted octanol–water partition coefficient (Wildman–Crippen LogP) is 4.20. The summed E-state index contributed by atoms with van der Waals surface area (Å²) in [6.07, 6.45) is 2.70. The maximum absolute atomic E-state index is 11.9. The largest absolute Gasteiger partial charge is 0.343 e. The Bertz CT molecular complexity index is 760. The van der Waals surface area contributed by atoms with Gasteiger partial charge >= 0.3 is 0 Å². The van der Waals surface area contributed by atoms with Gasteiger partial charge in [0.15, 0.2) is 5.78 Å². The lowest BCUT2D eigenvalue weighted by Gasteiger charge is -2.26. The number of nitrogens with zero attached hydrogens (tertiary/aromatic N) is 2. The van der Waals surface area contributed by atoms with Gasteiger partial charge in [-0.15, -0.1) is 0 Å². The molecule has 0 fully saturated rings. The molecule has 1 aliphatic rings. The van der Waals surface area contributed by atoms with Gasteiger partial charge < -0.3 is 9.88 Å². The fourth-order valence-corrected chi connectivity index (χ4v) is 3.39. The molecule has 2 aromatic rings. The molecule has 1 unspecified atom stereocenters. The van der Waals surface area contributed by atoms with E-state index in [-0.39, 0.29) is 11.8 Å². The van der Waals surface area contributed by atoms with Crippen molar-refractivity contribution in [2.45, 2.75) is 46.1 Å². The van der Waals surface area contributed by atoms with Gasteiger partial charge in [0.2, 0.25) is 0 Å². The Labute approximate surface area is 137 Å². The summed E-state index contributed by atoms with van der Waals surface area (Å²) in [5.41, 5.74) is 4.99. The first-order valence-electron chi connectivity index (χ1n) is 8.15. The van der Waals surface area contributed by atoms with Gasteiger partial charge in [0.05, 0.1) is 6.04 Å². The monoisotopic (exact) mass is 309 g/mol. The van der Waals surface area contributed by atoms with Gasteiger partial charge in [-0.1, -0.05) is 38.1 Å². The van der Waals surface area contributed by atoms with Crippen molar-refractivity contribution < 1.29 is 4.79 Å². The van der Waals surface area contributed by atoms with Crippen LogP contribution in [-0.2, 0) is 12.8 Å². The molecule has 1 N–H and O–H groups in total. The van der Waals surface area contributed by atoms with E-state index in [4.69, 9.17) is 0 Å². The number of nitrogens with one attached hydrogen (secondary N) is 1. The fourth-order valence-electron chi connectivity index (χ4n) is 3.39. The Morgan fingerprint density at radius 3 is 2.78 bits per heavy atom. The van der Waals surface area contributed by atoms with E-state index in [1.54, 1.807) is 6.92 Å². The summed E-state index contributed by atoms with van der Waals surface area (Å²) >= 11 is 0. The average Bonchev–Trinajstić information content (AvgIpc) is 3.08. The topological polar surface area (TPSA) is 49.0 Å². The Morgan fingerprint density at radius 1 is 1.39 bits per heavy atom. The lowest BCUT2D eigenvalue weighted by atomic mass is 10.1. The molecule has 1 aromatic heterocycles. The molecule has 1 aromatic carbocycles. The van der Waals surface area contributed by atoms with E-state index in [0.717, 1.165) is 36.5 Å². The van der Waals surface area contributed by atoms with E-state index >= 15 is 0 Å². The van der Waals surface area contributed by atoms with E-state index in [2.05, 4.69) is 46.6 Å². The first-order valence-corrected chi connectivity index (χ1v) is 8.15. The van der Waals surface area contributed by atoms with E-state index < -0.39 is 0 Å².